The summed E-state index contributed by atoms with van der Waals surface area (Å²) in [5, 5.41) is 3.52. The van der Waals surface area contributed by atoms with E-state index in [-0.39, 0.29) is 0 Å². The van der Waals surface area contributed by atoms with Crippen molar-refractivity contribution in [1.82, 2.24) is 10.2 Å². The van der Waals surface area contributed by atoms with E-state index in [4.69, 9.17) is 0 Å². The van der Waals surface area contributed by atoms with Crippen LogP contribution < -0.4 is 5.32 Å². The third-order valence-corrected chi connectivity index (χ3v) is 2.45. The maximum Gasteiger partial charge on any atom is 0.0602 e. The predicted molar refractivity (Wildman–Crippen MR) is 57.6 cm³/mol. The standard InChI is InChI=1S/C11H20N2/c1-3-9-13(10-4-2)11-7-5-6-8-12-11/h3-4,11-12H,1-2,5-10H2. The molecule has 1 fully saturated rings. The molecular weight excluding hydrogens is 160 g/mol. The summed E-state index contributed by atoms with van der Waals surface area (Å²) in [5.41, 5.74) is 0. The lowest BCUT2D eigenvalue weighted by atomic mass is 10.1. The zero-order valence-corrected chi connectivity index (χ0v) is 8.34. The van der Waals surface area contributed by atoms with Crippen LogP contribution in [0.25, 0.3) is 0 Å². The minimum absolute atomic E-state index is 0.532. The number of piperidine rings is 1. The Labute approximate surface area is 81.3 Å². The van der Waals surface area contributed by atoms with Crippen molar-refractivity contribution < 1.29 is 0 Å². The molecule has 1 heterocycles. The van der Waals surface area contributed by atoms with Gasteiger partial charge in [0.25, 0.3) is 0 Å². The van der Waals surface area contributed by atoms with Crippen LogP contribution in [0.2, 0.25) is 0 Å². The maximum atomic E-state index is 3.77. The van der Waals surface area contributed by atoms with Crippen LogP contribution in [-0.4, -0.2) is 30.7 Å². The van der Waals surface area contributed by atoms with Crippen LogP contribution in [0, 0.1) is 0 Å². The van der Waals surface area contributed by atoms with Gasteiger partial charge in [0.05, 0.1) is 6.17 Å². The second-order valence-corrected chi connectivity index (χ2v) is 3.50. The van der Waals surface area contributed by atoms with Gasteiger partial charge >= 0.3 is 0 Å². The Morgan fingerprint density at radius 1 is 1.23 bits per heavy atom. The van der Waals surface area contributed by atoms with Gasteiger partial charge in [-0.15, -0.1) is 13.2 Å². The van der Waals surface area contributed by atoms with Gasteiger partial charge in [-0.3, -0.25) is 4.90 Å². The largest absolute Gasteiger partial charge is 0.302 e. The average Bonchev–Trinajstić information content (AvgIpc) is 2.19. The van der Waals surface area contributed by atoms with Crippen LogP contribution >= 0.6 is 0 Å². The number of nitrogens with zero attached hydrogens (tertiary/aromatic N) is 1. The van der Waals surface area contributed by atoms with Crippen LogP contribution in [0.1, 0.15) is 19.3 Å². The van der Waals surface area contributed by atoms with Crippen molar-refractivity contribution >= 4 is 0 Å². The van der Waals surface area contributed by atoms with Crippen LogP contribution in [0.4, 0.5) is 0 Å². The van der Waals surface area contributed by atoms with Gasteiger partial charge in [0, 0.05) is 13.1 Å². The molecule has 0 aliphatic carbocycles. The molecule has 1 aliphatic rings. The molecule has 1 rings (SSSR count). The van der Waals surface area contributed by atoms with Gasteiger partial charge in [0.1, 0.15) is 0 Å². The third-order valence-electron chi connectivity index (χ3n) is 2.45. The van der Waals surface area contributed by atoms with Gasteiger partial charge in [0.2, 0.25) is 0 Å². The molecule has 1 N–H and O–H groups in total. The Morgan fingerprint density at radius 2 is 1.92 bits per heavy atom. The fraction of sp³-hybridized carbons (Fsp3) is 0.636. The van der Waals surface area contributed by atoms with Gasteiger partial charge in [-0.05, 0) is 25.8 Å². The lowest BCUT2D eigenvalue weighted by Gasteiger charge is -2.33. The first-order chi connectivity index (χ1) is 6.38. The van der Waals surface area contributed by atoms with E-state index in [0.717, 1.165) is 19.6 Å². The molecule has 13 heavy (non-hydrogen) atoms. The first-order valence-corrected chi connectivity index (χ1v) is 5.07. The number of hydrogen-bond acceptors (Lipinski definition) is 2. The lowest BCUT2D eigenvalue weighted by Crippen LogP contribution is -2.48. The Bertz CT molecular complexity index is 149. The van der Waals surface area contributed by atoms with Crippen LogP contribution in [0.15, 0.2) is 25.3 Å². The smallest absolute Gasteiger partial charge is 0.0602 e. The van der Waals surface area contributed by atoms with Crippen molar-refractivity contribution in [3.8, 4) is 0 Å². The lowest BCUT2D eigenvalue weighted by molar-refractivity contribution is 0.168. The minimum Gasteiger partial charge on any atom is -0.302 e. The molecule has 0 radical (unpaired) electrons. The van der Waals surface area contributed by atoms with E-state index >= 15 is 0 Å². The number of rotatable bonds is 5. The van der Waals surface area contributed by atoms with E-state index in [2.05, 4.69) is 23.4 Å². The highest BCUT2D eigenvalue weighted by Crippen LogP contribution is 2.11. The van der Waals surface area contributed by atoms with Crippen molar-refractivity contribution in [3.05, 3.63) is 25.3 Å². The third kappa shape index (κ3) is 3.33. The highest BCUT2D eigenvalue weighted by atomic mass is 15.3. The number of hydrogen-bond donors (Lipinski definition) is 1. The average molecular weight is 180 g/mol. The van der Waals surface area contributed by atoms with Crippen molar-refractivity contribution in [1.29, 1.82) is 0 Å². The summed E-state index contributed by atoms with van der Waals surface area (Å²) >= 11 is 0. The fourth-order valence-corrected chi connectivity index (χ4v) is 1.81. The van der Waals surface area contributed by atoms with E-state index in [1.54, 1.807) is 0 Å². The quantitative estimate of drug-likeness (QED) is 0.649. The molecule has 2 heteroatoms. The van der Waals surface area contributed by atoms with Crippen LogP contribution in [0.3, 0.4) is 0 Å². The first-order valence-electron chi connectivity index (χ1n) is 5.07. The van der Waals surface area contributed by atoms with Gasteiger partial charge in [-0.2, -0.15) is 0 Å². The van der Waals surface area contributed by atoms with E-state index < -0.39 is 0 Å². The van der Waals surface area contributed by atoms with Crippen LogP contribution in [0.5, 0.6) is 0 Å². The summed E-state index contributed by atoms with van der Waals surface area (Å²) in [6, 6.07) is 0. The monoisotopic (exact) mass is 180 g/mol. The van der Waals surface area contributed by atoms with Crippen molar-refractivity contribution in [2.45, 2.75) is 25.4 Å². The Hall–Kier alpha value is -0.600. The van der Waals surface area contributed by atoms with E-state index in [1.165, 1.54) is 19.3 Å². The van der Waals surface area contributed by atoms with Gasteiger partial charge in [0.15, 0.2) is 0 Å². The normalized spacial score (nSPS) is 23.0. The zero-order valence-electron chi connectivity index (χ0n) is 8.34. The molecule has 0 aromatic rings. The summed E-state index contributed by atoms with van der Waals surface area (Å²) in [5.74, 6) is 0. The highest BCUT2D eigenvalue weighted by molar-refractivity contribution is 4.84. The molecule has 0 aromatic heterocycles. The molecule has 1 unspecified atom stereocenters. The summed E-state index contributed by atoms with van der Waals surface area (Å²) < 4.78 is 0. The summed E-state index contributed by atoms with van der Waals surface area (Å²) in [6.07, 6.45) is 8.35. The molecule has 1 saturated heterocycles. The molecule has 0 aromatic carbocycles. The minimum atomic E-state index is 0.532. The molecule has 0 amide bonds. The molecule has 74 valence electrons. The predicted octanol–water partition coefficient (Wildman–Crippen LogP) is 1.76. The van der Waals surface area contributed by atoms with E-state index in [0.29, 0.717) is 6.17 Å². The maximum absolute atomic E-state index is 3.77. The Morgan fingerprint density at radius 3 is 2.38 bits per heavy atom. The molecule has 2 nitrogen and oxygen atoms in total. The van der Waals surface area contributed by atoms with Crippen molar-refractivity contribution in [2.24, 2.45) is 0 Å². The van der Waals surface area contributed by atoms with Gasteiger partial charge < -0.3 is 5.32 Å². The van der Waals surface area contributed by atoms with E-state index in [1.807, 2.05) is 12.2 Å². The van der Waals surface area contributed by atoms with Crippen molar-refractivity contribution in [2.75, 3.05) is 19.6 Å². The van der Waals surface area contributed by atoms with E-state index in [9.17, 15) is 0 Å². The van der Waals surface area contributed by atoms with Gasteiger partial charge in [-0.1, -0.05) is 12.2 Å². The summed E-state index contributed by atoms with van der Waals surface area (Å²) in [4.78, 5) is 2.37. The highest BCUT2D eigenvalue weighted by Gasteiger charge is 2.17. The Balaban J connectivity index is 2.40. The second-order valence-electron chi connectivity index (χ2n) is 3.50. The topological polar surface area (TPSA) is 15.3 Å². The second kappa shape index (κ2) is 5.95. The number of nitrogens with one attached hydrogen (secondary N) is 1. The molecule has 1 aliphatic heterocycles. The first kappa shape index (κ1) is 10.5. The zero-order chi connectivity index (χ0) is 9.52. The van der Waals surface area contributed by atoms with Crippen LogP contribution in [-0.2, 0) is 0 Å². The molecular formula is C11H20N2. The molecule has 0 bridgehead atoms. The molecule has 0 saturated carbocycles. The summed E-state index contributed by atoms with van der Waals surface area (Å²) in [7, 11) is 0. The fourth-order valence-electron chi connectivity index (χ4n) is 1.81. The molecule has 1 atom stereocenters. The summed E-state index contributed by atoms with van der Waals surface area (Å²) in [6.45, 7) is 10.6. The SMILES string of the molecule is C=CCN(CC=C)C1CCCCN1. The van der Waals surface area contributed by atoms with Gasteiger partial charge in [-0.25, -0.2) is 0 Å². The van der Waals surface area contributed by atoms with Crippen molar-refractivity contribution in [3.63, 3.8) is 0 Å². The Kier molecular flexibility index (Phi) is 4.79. The molecule has 0 spiro atoms.